The van der Waals surface area contributed by atoms with Crippen LogP contribution in [0.3, 0.4) is 0 Å². The minimum absolute atomic E-state index is 0.0122. The number of benzene rings is 1. The van der Waals surface area contributed by atoms with E-state index in [4.69, 9.17) is 28.3 Å². The molecule has 2 aromatic rings. The summed E-state index contributed by atoms with van der Waals surface area (Å²) < 4.78 is 13.9. The molecule has 0 saturated heterocycles. The molecule has 0 atom stereocenters. The molecule has 0 aliphatic rings. The number of hydrogen-bond acceptors (Lipinski definition) is 2. The lowest BCUT2D eigenvalue weighted by molar-refractivity contribution is 0.209. The van der Waals surface area contributed by atoms with E-state index in [0.29, 0.717) is 16.2 Å². The lowest BCUT2D eigenvalue weighted by Gasteiger charge is -2.13. The number of amides is 1. The van der Waals surface area contributed by atoms with E-state index in [0.717, 1.165) is 0 Å². The Kier molecular flexibility index (Phi) is 4.68. The van der Waals surface area contributed by atoms with Gasteiger partial charge in [0, 0.05) is 16.1 Å². The van der Waals surface area contributed by atoms with E-state index in [1.807, 2.05) is 0 Å². The van der Waals surface area contributed by atoms with Crippen molar-refractivity contribution in [3.05, 3.63) is 52.3 Å². The number of rotatable bonds is 3. The first-order valence-corrected chi connectivity index (χ1v) is 6.87. The van der Waals surface area contributed by atoms with Gasteiger partial charge in [0.05, 0.1) is 10.7 Å². The lowest BCUT2D eigenvalue weighted by atomic mass is 10.1. The van der Waals surface area contributed by atoms with Crippen molar-refractivity contribution in [3.8, 4) is 11.3 Å². The summed E-state index contributed by atoms with van der Waals surface area (Å²) in [5.74, 6) is -0.556. The number of carbonyl (C=O) groups is 1. The first-order chi connectivity index (χ1) is 10.3. The van der Waals surface area contributed by atoms with Gasteiger partial charge in [-0.1, -0.05) is 29.8 Å². The third kappa shape index (κ3) is 3.37. The van der Waals surface area contributed by atoms with Crippen LogP contribution in [-0.4, -0.2) is 16.2 Å². The smallest absolute Gasteiger partial charge is 0.410 e. The highest BCUT2D eigenvalue weighted by Crippen LogP contribution is 2.34. The van der Waals surface area contributed by atoms with Gasteiger partial charge in [0.1, 0.15) is 11.6 Å². The van der Waals surface area contributed by atoms with E-state index in [-0.39, 0.29) is 22.1 Å². The Balaban J connectivity index is 2.68. The van der Waals surface area contributed by atoms with E-state index in [1.54, 1.807) is 6.92 Å². The summed E-state index contributed by atoms with van der Waals surface area (Å²) in [6, 6.07) is 5.43. The van der Waals surface area contributed by atoms with Crippen LogP contribution in [0.25, 0.3) is 16.8 Å². The van der Waals surface area contributed by atoms with E-state index < -0.39 is 11.9 Å². The Labute approximate surface area is 136 Å². The van der Waals surface area contributed by atoms with Crippen molar-refractivity contribution < 1.29 is 14.3 Å². The van der Waals surface area contributed by atoms with Crippen LogP contribution in [0.15, 0.2) is 30.8 Å². The van der Waals surface area contributed by atoms with Crippen molar-refractivity contribution in [1.82, 2.24) is 4.98 Å². The monoisotopic (exact) mass is 340 g/mol. The molecule has 22 heavy (non-hydrogen) atoms. The number of pyridine rings is 1. The molecule has 0 aliphatic heterocycles. The van der Waals surface area contributed by atoms with E-state index in [9.17, 15) is 9.18 Å². The van der Waals surface area contributed by atoms with Gasteiger partial charge < -0.3 is 5.11 Å². The van der Waals surface area contributed by atoms with Crippen molar-refractivity contribution >= 4 is 40.7 Å². The fraction of sp³-hybridized carbons (Fsp3) is 0.0667. The standard InChI is InChI=1S/C15H11Cl2FN2O2/c1-7(2)13-10(17)6-12(19-14(13)20-15(21)22)9-5-8(16)3-4-11(9)18/h3-6H,1H2,2H3,(H,19,20)(H,21,22). The molecule has 0 radical (unpaired) electrons. The van der Waals surface area contributed by atoms with Crippen LogP contribution >= 0.6 is 23.2 Å². The molecule has 2 N–H and O–H groups in total. The van der Waals surface area contributed by atoms with Gasteiger partial charge in [-0.25, -0.2) is 14.2 Å². The quantitative estimate of drug-likeness (QED) is 0.794. The Morgan fingerprint density at radius 2 is 2.05 bits per heavy atom. The SMILES string of the molecule is C=C(C)c1c(Cl)cc(-c2cc(Cl)ccc2F)nc1NC(=O)O. The van der Waals surface area contributed by atoms with Crippen LogP contribution in [0.2, 0.25) is 10.0 Å². The molecule has 0 unspecified atom stereocenters. The van der Waals surface area contributed by atoms with Crippen molar-refractivity contribution in [3.63, 3.8) is 0 Å². The number of hydrogen-bond donors (Lipinski definition) is 2. The number of halogens is 3. The van der Waals surface area contributed by atoms with Crippen molar-refractivity contribution in [1.29, 1.82) is 0 Å². The van der Waals surface area contributed by atoms with Gasteiger partial charge in [-0.3, -0.25) is 5.32 Å². The zero-order chi connectivity index (χ0) is 16.4. The maximum absolute atomic E-state index is 13.9. The summed E-state index contributed by atoms with van der Waals surface area (Å²) in [5.41, 5.74) is 1.17. The van der Waals surface area contributed by atoms with Gasteiger partial charge in [0.25, 0.3) is 0 Å². The summed E-state index contributed by atoms with van der Waals surface area (Å²) in [4.78, 5) is 15.0. The number of aromatic nitrogens is 1. The summed E-state index contributed by atoms with van der Waals surface area (Å²) in [7, 11) is 0. The molecule has 2 rings (SSSR count). The third-order valence-electron chi connectivity index (χ3n) is 2.83. The average molecular weight is 341 g/mol. The van der Waals surface area contributed by atoms with Crippen LogP contribution in [0, 0.1) is 5.82 Å². The summed E-state index contributed by atoms with van der Waals surface area (Å²) >= 11 is 12.0. The minimum Gasteiger partial charge on any atom is -0.465 e. The van der Waals surface area contributed by atoms with Crippen molar-refractivity contribution in [2.24, 2.45) is 0 Å². The van der Waals surface area contributed by atoms with Crippen LogP contribution in [-0.2, 0) is 0 Å². The molecular formula is C15H11Cl2FN2O2. The van der Waals surface area contributed by atoms with Crippen molar-refractivity contribution in [2.45, 2.75) is 6.92 Å². The van der Waals surface area contributed by atoms with Crippen LogP contribution in [0.5, 0.6) is 0 Å². The molecule has 114 valence electrons. The molecule has 0 fully saturated rings. The zero-order valence-corrected chi connectivity index (χ0v) is 13.0. The Hall–Kier alpha value is -2.11. The molecule has 1 heterocycles. The van der Waals surface area contributed by atoms with Gasteiger partial charge in [-0.05, 0) is 36.8 Å². The molecule has 1 aromatic heterocycles. The first-order valence-electron chi connectivity index (χ1n) is 6.11. The average Bonchev–Trinajstić information content (AvgIpc) is 2.39. The van der Waals surface area contributed by atoms with Gasteiger partial charge in [-0.2, -0.15) is 0 Å². The fourth-order valence-electron chi connectivity index (χ4n) is 1.94. The normalized spacial score (nSPS) is 10.4. The molecule has 0 aliphatic carbocycles. The second-order valence-electron chi connectivity index (χ2n) is 4.55. The highest BCUT2D eigenvalue weighted by Gasteiger charge is 2.17. The summed E-state index contributed by atoms with van der Waals surface area (Å²) in [6.45, 7) is 5.40. The highest BCUT2D eigenvalue weighted by molar-refractivity contribution is 6.33. The summed E-state index contributed by atoms with van der Waals surface area (Å²) in [5, 5.41) is 11.6. The number of carboxylic acid groups (broad SMARTS) is 1. The molecule has 7 heteroatoms. The number of nitrogens with zero attached hydrogens (tertiary/aromatic N) is 1. The van der Waals surface area contributed by atoms with Crippen LogP contribution in [0.4, 0.5) is 15.0 Å². The molecule has 4 nitrogen and oxygen atoms in total. The number of anilines is 1. The Morgan fingerprint density at radius 3 is 2.64 bits per heavy atom. The molecule has 1 amide bonds. The number of nitrogens with one attached hydrogen (secondary N) is 1. The maximum Gasteiger partial charge on any atom is 0.410 e. The maximum atomic E-state index is 13.9. The molecule has 0 saturated carbocycles. The fourth-order valence-corrected chi connectivity index (χ4v) is 2.47. The largest absolute Gasteiger partial charge is 0.465 e. The third-order valence-corrected chi connectivity index (χ3v) is 3.36. The van der Waals surface area contributed by atoms with E-state index in [2.05, 4.69) is 16.9 Å². The Morgan fingerprint density at radius 1 is 1.36 bits per heavy atom. The molecule has 0 bridgehead atoms. The predicted molar refractivity (Wildman–Crippen MR) is 86.0 cm³/mol. The topological polar surface area (TPSA) is 62.2 Å². The van der Waals surface area contributed by atoms with Gasteiger partial charge in [0.15, 0.2) is 0 Å². The lowest BCUT2D eigenvalue weighted by Crippen LogP contribution is -2.11. The second-order valence-corrected chi connectivity index (χ2v) is 5.39. The summed E-state index contributed by atoms with van der Waals surface area (Å²) in [6.07, 6.45) is -1.31. The highest BCUT2D eigenvalue weighted by atomic mass is 35.5. The van der Waals surface area contributed by atoms with Gasteiger partial charge in [0.2, 0.25) is 0 Å². The van der Waals surface area contributed by atoms with Crippen LogP contribution < -0.4 is 5.32 Å². The minimum atomic E-state index is -1.31. The van der Waals surface area contributed by atoms with E-state index in [1.165, 1.54) is 24.3 Å². The predicted octanol–water partition coefficient (Wildman–Crippen LogP) is 5.32. The molecule has 0 spiro atoms. The first kappa shape index (κ1) is 16.3. The van der Waals surface area contributed by atoms with Crippen molar-refractivity contribution in [2.75, 3.05) is 5.32 Å². The number of allylic oxidation sites excluding steroid dienone is 1. The van der Waals surface area contributed by atoms with Crippen LogP contribution in [0.1, 0.15) is 12.5 Å². The zero-order valence-electron chi connectivity index (χ0n) is 11.5. The second kappa shape index (κ2) is 6.34. The Bertz CT molecular complexity index is 778. The van der Waals surface area contributed by atoms with E-state index >= 15 is 0 Å². The molecule has 1 aromatic carbocycles. The molecular weight excluding hydrogens is 330 g/mol. The van der Waals surface area contributed by atoms with Gasteiger partial charge in [-0.15, -0.1) is 0 Å². The van der Waals surface area contributed by atoms with Gasteiger partial charge >= 0.3 is 6.09 Å².